The highest BCUT2D eigenvalue weighted by Crippen LogP contribution is 2.16. The van der Waals surface area contributed by atoms with E-state index in [0.29, 0.717) is 12.0 Å². The number of anilines is 1. The van der Waals surface area contributed by atoms with Crippen LogP contribution in [0.5, 0.6) is 0 Å². The Labute approximate surface area is 146 Å². The van der Waals surface area contributed by atoms with Crippen molar-refractivity contribution in [2.24, 2.45) is 0 Å². The zero-order chi connectivity index (χ0) is 18.0. The van der Waals surface area contributed by atoms with Crippen molar-refractivity contribution in [2.45, 2.75) is 33.6 Å². The fourth-order valence-electron chi connectivity index (χ4n) is 3.13. The quantitative estimate of drug-likeness (QED) is 0.757. The largest absolute Gasteiger partial charge is 0.326 e. The summed E-state index contributed by atoms with van der Waals surface area (Å²) in [6, 6.07) is 13.7. The fourth-order valence-corrected chi connectivity index (χ4v) is 3.13. The normalized spacial score (nSPS) is 10.8. The molecule has 0 radical (unpaired) electrons. The Balaban J connectivity index is 1.72. The molecule has 1 heterocycles. The number of nitrogens with one attached hydrogen (secondary N) is 2. The van der Waals surface area contributed by atoms with Crippen LogP contribution in [-0.2, 0) is 11.2 Å². The van der Waals surface area contributed by atoms with Gasteiger partial charge in [0.05, 0.1) is 5.52 Å². The molecule has 0 saturated heterocycles. The first-order valence-electron chi connectivity index (χ1n) is 8.42. The molecule has 0 atom stereocenters. The summed E-state index contributed by atoms with van der Waals surface area (Å²) in [6.45, 7) is 5.97. The maximum Gasteiger partial charge on any atom is 0.251 e. The molecule has 1 amide bonds. The van der Waals surface area contributed by atoms with Gasteiger partial charge in [0.1, 0.15) is 0 Å². The number of amides is 1. The highest BCUT2D eigenvalue weighted by molar-refractivity contribution is 5.91. The number of para-hydroxylation sites is 1. The molecule has 3 rings (SSSR count). The molecule has 0 fully saturated rings. The highest BCUT2D eigenvalue weighted by atomic mass is 16.1. The summed E-state index contributed by atoms with van der Waals surface area (Å²) in [6.07, 6.45) is 0.684. The standard InChI is InChI=1S/C21H22N2O2/c1-13-9-14(2)11-18(10-13)22-19(24)8-7-17-12-16-6-4-5-15(3)20(16)23-21(17)25/h4-6,9-12H,7-8H2,1-3H3,(H,22,24)(H,23,25). The van der Waals surface area contributed by atoms with Crippen LogP contribution < -0.4 is 10.9 Å². The molecule has 3 aromatic rings. The first kappa shape index (κ1) is 17.0. The number of aromatic nitrogens is 1. The van der Waals surface area contributed by atoms with Gasteiger partial charge in [0.2, 0.25) is 5.91 Å². The van der Waals surface area contributed by atoms with Gasteiger partial charge in [-0.3, -0.25) is 9.59 Å². The summed E-state index contributed by atoms with van der Waals surface area (Å²) in [7, 11) is 0. The molecule has 4 heteroatoms. The summed E-state index contributed by atoms with van der Waals surface area (Å²) >= 11 is 0. The fraction of sp³-hybridized carbons (Fsp3) is 0.238. The number of carbonyl (C=O) groups is 1. The Morgan fingerprint density at radius 1 is 1.04 bits per heavy atom. The molecule has 2 aromatic carbocycles. The van der Waals surface area contributed by atoms with Crippen molar-refractivity contribution in [2.75, 3.05) is 5.32 Å². The lowest BCUT2D eigenvalue weighted by Gasteiger charge is -2.08. The third kappa shape index (κ3) is 3.97. The van der Waals surface area contributed by atoms with Crippen LogP contribution in [0, 0.1) is 20.8 Å². The number of hydrogen-bond donors (Lipinski definition) is 2. The SMILES string of the molecule is Cc1cc(C)cc(NC(=O)CCc2cc3cccc(C)c3[nH]c2=O)c1. The van der Waals surface area contributed by atoms with Gasteiger partial charge >= 0.3 is 0 Å². The van der Waals surface area contributed by atoms with Gasteiger partial charge in [0.15, 0.2) is 0 Å². The Kier molecular flexibility index (Phi) is 4.70. The average molecular weight is 334 g/mol. The Bertz CT molecular complexity index is 982. The molecule has 1 aromatic heterocycles. The van der Waals surface area contributed by atoms with E-state index in [9.17, 15) is 9.59 Å². The van der Waals surface area contributed by atoms with E-state index in [1.807, 2.05) is 57.2 Å². The molecule has 25 heavy (non-hydrogen) atoms. The highest BCUT2D eigenvalue weighted by Gasteiger charge is 2.08. The van der Waals surface area contributed by atoms with E-state index in [2.05, 4.69) is 16.4 Å². The summed E-state index contributed by atoms with van der Waals surface area (Å²) < 4.78 is 0. The molecule has 0 saturated carbocycles. The molecule has 0 spiro atoms. The number of pyridine rings is 1. The third-order valence-corrected chi connectivity index (χ3v) is 4.29. The van der Waals surface area contributed by atoms with E-state index in [4.69, 9.17) is 0 Å². The molecule has 2 N–H and O–H groups in total. The van der Waals surface area contributed by atoms with Crippen LogP contribution in [0.4, 0.5) is 5.69 Å². The van der Waals surface area contributed by atoms with E-state index in [1.165, 1.54) is 0 Å². The summed E-state index contributed by atoms with van der Waals surface area (Å²) in [5, 5.41) is 3.90. The van der Waals surface area contributed by atoms with Gasteiger partial charge in [-0.05, 0) is 67.5 Å². The smallest absolute Gasteiger partial charge is 0.251 e. The second-order valence-corrected chi connectivity index (χ2v) is 6.59. The first-order chi connectivity index (χ1) is 11.9. The third-order valence-electron chi connectivity index (χ3n) is 4.29. The maximum atomic E-state index is 12.3. The van der Waals surface area contributed by atoms with Crippen LogP contribution in [0.25, 0.3) is 10.9 Å². The van der Waals surface area contributed by atoms with Crippen molar-refractivity contribution in [3.8, 4) is 0 Å². The van der Waals surface area contributed by atoms with Crippen molar-refractivity contribution < 1.29 is 4.79 Å². The second kappa shape index (κ2) is 6.93. The van der Waals surface area contributed by atoms with E-state index >= 15 is 0 Å². The first-order valence-corrected chi connectivity index (χ1v) is 8.42. The molecule has 0 bridgehead atoms. The van der Waals surface area contributed by atoms with Crippen LogP contribution >= 0.6 is 0 Å². The molecule has 0 unspecified atom stereocenters. The van der Waals surface area contributed by atoms with Crippen molar-refractivity contribution in [1.29, 1.82) is 0 Å². The van der Waals surface area contributed by atoms with Crippen LogP contribution in [0.2, 0.25) is 0 Å². The van der Waals surface area contributed by atoms with Crippen LogP contribution in [0.15, 0.2) is 47.3 Å². The van der Waals surface area contributed by atoms with Gasteiger partial charge < -0.3 is 10.3 Å². The Hall–Kier alpha value is -2.88. The van der Waals surface area contributed by atoms with Gasteiger partial charge in [-0.25, -0.2) is 0 Å². The molecule has 0 aliphatic carbocycles. The van der Waals surface area contributed by atoms with Crippen molar-refractivity contribution >= 4 is 22.5 Å². The molecule has 0 aliphatic heterocycles. The number of H-pyrrole nitrogens is 1. The van der Waals surface area contributed by atoms with Crippen molar-refractivity contribution in [3.05, 3.63) is 75.1 Å². The van der Waals surface area contributed by atoms with E-state index in [1.54, 1.807) is 0 Å². The number of carbonyl (C=O) groups excluding carboxylic acids is 1. The van der Waals surface area contributed by atoms with Crippen molar-refractivity contribution in [3.63, 3.8) is 0 Å². The van der Waals surface area contributed by atoms with E-state index in [0.717, 1.165) is 33.3 Å². The molecular formula is C21H22N2O2. The number of fused-ring (bicyclic) bond motifs is 1. The van der Waals surface area contributed by atoms with Gasteiger partial charge in [-0.2, -0.15) is 0 Å². The second-order valence-electron chi connectivity index (χ2n) is 6.59. The number of aryl methyl sites for hydroxylation is 4. The summed E-state index contributed by atoms with van der Waals surface area (Å²) in [5.41, 5.74) is 5.41. The number of benzene rings is 2. The van der Waals surface area contributed by atoms with Crippen LogP contribution in [-0.4, -0.2) is 10.9 Å². The van der Waals surface area contributed by atoms with E-state index in [-0.39, 0.29) is 17.9 Å². The van der Waals surface area contributed by atoms with Gasteiger partial charge in [-0.1, -0.05) is 24.3 Å². The number of hydrogen-bond acceptors (Lipinski definition) is 2. The van der Waals surface area contributed by atoms with Gasteiger partial charge in [0, 0.05) is 17.7 Å². The molecule has 128 valence electrons. The number of rotatable bonds is 4. The summed E-state index contributed by atoms with van der Waals surface area (Å²) in [5.74, 6) is -0.0891. The van der Waals surface area contributed by atoms with Crippen molar-refractivity contribution in [1.82, 2.24) is 4.98 Å². The predicted molar refractivity (Wildman–Crippen MR) is 102 cm³/mol. The minimum absolute atomic E-state index is 0.0891. The van der Waals surface area contributed by atoms with Gasteiger partial charge in [-0.15, -0.1) is 0 Å². The van der Waals surface area contributed by atoms with E-state index < -0.39 is 0 Å². The lowest BCUT2D eigenvalue weighted by molar-refractivity contribution is -0.116. The Morgan fingerprint density at radius 3 is 2.48 bits per heavy atom. The maximum absolute atomic E-state index is 12.3. The van der Waals surface area contributed by atoms with Gasteiger partial charge in [0.25, 0.3) is 5.56 Å². The lowest BCUT2D eigenvalue weighted by Crippen LogP contribution is -2.17. The summed E-state index contributed by atoms with van der Waals surface area (Å²) in [4.78, 5) is 27.4. The minimum atomic E-state index is -0.124. The number of aromatic amines is 1. The van der Waals surface area contributed by atoms with Crippen LogP contribution in [0.1, 0.15) is 28.7 Å². The zero-order valence-electron chi connectivity index (χ0n) is 14.8. The average Bonchev–Trinajstić information content (AvgIpc) is 2.53. The molecule has 0 aliphatic rings. The Morgan fingerprint density at radius 2 is 1.76 bits per heavy atom. The predicted octanol–water partition coefficient (Wildman–Crippen LogP) is 4.02. The topological polar surface area (TPSA) is 62.0 Å². The minimum Gasteiger partial charge on any atom is -0.326 e. The molecule has 4 nitrogen and oxygen atoms in total. The lowest BCUT2D eigenvalue weighted by atomic mass is 10.1. The molecular weight excluding hydrogens is 312 g/mol. The van der Waals surface area contributed by atoms with Crippen LogP contribution in [0.3, 0.4) is 0 Å². The zero-order valence-corrected chi connectivity index (χ0v) is 14.8. The monoisotopic (exact) mass is 334 g/mol.